The monoisotopic (exact) mass is 340 g/mol. The van der Waals surface area contributed by atoms with Crippen LogP contribution in [0, 0.1) is 0 Å². The third kappa shape index (κ3) is 4.08. The summed E-state index contributed by atoms with van der Waals surface area (Å²) in [7, 11) is -4.00. The van der Waals surface area contributed by atoms with Crippen LogP contribution in [-0.2, 0) is 21.2 Å². The first-order chi connectivity index (χ1) is 10.8. The van der Waals surface area contributed by atoms with E-state index in [0.717, 1.165) is 12.0 Å². The third-order valence-corrected chi connectivity index (χ3v) is 5.23. The van der Waals surface area contributed by atoms with Gasteiger partial charge in [-0.15, -0.1) is 0 Å². The number of hydrogen-bond acceptors (Lipinski definition) is 4. The van der Waals surface area contributed by atoms with Gasteiger partial charge < -0.3 is 10.4 Å². The molecule has 0 unspecified atom stereocenters. The Morgan fingerprint density at radius 1 is 1.43 bits per heavy atom. The Bertz CT molecular complexity index is 715. The van der Waals surface area contributed by atoms with Crippen molar-refractivity contribution in [3.05, 3.63) is 29.3 Å². The van der Waals surface area contributed by atoms with Gasteiger partial charge in [0, 0.05) is 12.1 Å². The number of sulfonamides is 1. The van der Waals surface area contributed by atoms with E-state index < -0.39 is 22.0 Å². The summed E-state index contributed by atoms with van der Waals surface area (Å²) in [5.74, 6) is -1.53. The van der Waals surface area contributed by atoms with Crippen LogP contribution in [0.15, 0.2) is 23.1 Å². The van der Waals surface area contributed by atoms with E-state index in [0.29, 0.717) is 24.9 Å². The number of benzene rings is 1. The van der Waals surface area contributed by atoms with Gasteiger partial charge in [0.2, 0.25) is 10.0 Å². The molecule has 1 amide bonds. The molecule has 1 aliphatic heterocycles. The van der Waals surface area contributed by atoms with E-state index in [1.807, 2.05) is 6.92 Å². The van der Waals surface area contributed by atoms with Gasteiger partial charge in [0.15, 0.2) is 0 Å². The van der Waals surface area contributed by atoms with E-state index >= 15 is 0 Å². The first-order valence-corrected chi connectivity index (χ1v) is 8.99. The maximum atomic E-state index is 12.4. The second-order valence-corrected chi connectivity index (χ2v) is 7.19. The third-order valence-electron chi connectivity index (χ3n) is 3.76. The van der Waals surface area contributed by atoms with Crippen LogP contribution >= 0.6 is 0 Å². The summed E-state index contributed by atoms with van der Waals surface area (Å²) in [5.41, 5.74) is 1.10. The van der Waals surface area contributed by atoms with Crippen LogP contribution < -0.4 is 10.0 Å². The van der Waals surface area contributed by atoms with Crippen molar-refractivity contribution in [3.8, 4) is 0 Å². The van der Waals surface area contributed by atoms with E-state index in [4.69, 9.17) is 5.11 Å². The second-order valence-electron chi connectivity index (χ2n) is 5.48. The summed E-state index contributed by atoms with van der Waals surface area (Å²) < 4.78 is 27.0. The van der Waals surface area contributed by atoms with E-state index in [9.17, 15) is 18.0 Å². The number of aliphatic carboxylic acids is 1. The molecule has 8 heteroatoms. The number of unbranched alkanes of at least 4 members (excludes halogenated alkanes) is 1. The Labute approximate surface area is 135 Å². The molecule has 0 aliphatic carbocycles. The van der Waals surface area contributed by atoms with Crippen molar-refractivity contribution in [2.75, 3.05) is 6.54 Å². The quantitative estimate of drug-likeness (QED) is 0.682. The van der Waals surface area contributed by atoms with Crippen LogP contribution in [0.3, 0.4) is 0 Å². The normalized spacial score (nSPS) is 15.6. The first-order valence-electron chi connectivity index (χ1n) is 7.51. The summed E-state index contributed by atoms with van der Waals surface area (Å²) in [4.78, 5) is 22.9. The molecule has 3 N–H and O–H groups in total. The Hall–Kier alpha value is -1.93. The molecule has 0 saturated heterocycles. The van der Waals surface area contributed by atoms with Crippen molar-refractivity contribution in [2.24, 2.45) is 0 Å². The smallest absolute Gasteiger partial charge is 0.321 e. The molecule has 0 saturated carbocycles. The predicted octanol–water partition coefficient (Wildman–Crippen LogP) is 0.894. The van der Waals surface area contributed by atoms with Crippen LogP contribution in [0.5, 0.6) is 0 Å². The van der Waals surface area contributed by atoms with Gasteiger partial charge in [-0.1, -0.05) is 25.8 Å². The van der Waals surface area contributed by atoms with Crippen molar-refractivity contribution in [2.45, 2.75) is 43.5 Å². The lowest BCUT2D eigenvalue weighted by molar-refractivity contribution is -0.139. The van der Waals surface area contributed by atoms with Crippen LogP contribution in [-0.4, -0.2) is 38.0 Å². The lowest BCUT2D eigenvalue weighted by Gasteiger charge is -2.18. The SMILES string of the molecule is CCCC[C@H](NS(=O)(=O)c1ccc2c(c1)C(=O)NCC2)C(=O)O. The topological polar surface area (TPSA) is 113 Å². The van der Waals surface area contributed by atoms with E-state index in [1.54, 1.807) is 6.07 Å². The molecule has 2 rings (SSSR count). The summed E-state index contributed by atoms with van der Waals surface area (Å²) in [6, 6.07) is 3.12. The molecule has 0 spiro atoms. The minimum atomic E-state index is -4.00. The molecule has 0 aromatic heterocycles. The lowest BCUT2D eigenvalue weighted by Crippen LogP contribution is -2.41. The summed E-state index contributed by atoms with van der Waals surface area (Å²) >= 11 is 0. The predicted molar refractivity (Wildman–Crippen MR) is 83.7 cm³/mol. The molecule has 1 atom stereocenters. The van der Waals surface area contributed by atoms with E-state index in [-0.39, 0.29) is 17.2 Å². The van der Waals surface area contributed by atoms with Gasteiger partial charge in [0.05, 0.1) is 4.90 Å². The number of carboxylic acids is 1. The number of nitrogens with one attached hydrogen (secondary N) is 2. The average molecular weight is 340 g/mol. The molecule has 0 fully saturated rings. The highest BCUT2D eigenvalue weighted by molar-refractivity contribution is 7.89. The Morgan fingerprint density at radius 3 is 2.83 bits per heavy atom. The molecule has 0 bridgehead atoms. The zero-order chi connectivity index (χ0) is 17.0. The minimum absolute atomic E-state index is 0.101. The van der Waals surface area contributed by atoms with Crippen molar-refractivity contribution in [3.63, 3.8) is 0 Å². The lowest BCUT2D eigenvalue weighted by atomic mass is 10.0. The number of hydrogen-bond donors (Lipinski definition) is 3. The van der Waals surface area contributed by atoms with Crippen LogP contribution in [0.4, 0.5) is 0 Å². The van der Waals surface area contributed by atoms with Gasteiger partial charge in [-0.25, -0.2) is 8.42 Å². The maximum Gasteiger partial charge on any atom is 0.321 e. The first kappa shape index (κ1) is 17.4. The van der Waals surface area contributed by atoms with Crippen molar-refractivity contribution in [1.82, 2.24) is 10.0 Å². The van der Waals surface area contributed by atoms with E-state index in [2.05, 4.69) is 10.0 Å². The molecule has 7 nitrogen and oxygen atoms in total. The molecular weight excluding hydrogens is 320 g/mol. The van der Waals surface area contributed by atoms with Gasteiger partial charge >= 0.3 is 5.97 Å². The highest BCUT2D eigenvalue weighted by Gasteiger charge is 2.26. The van der Waals surface area contributed by atoms with Crippen molar-refractivity contribution < 1.29 is 23.1 Å². The fourth-order valence-electron chi connectivity index (χ4n) is 2.45. The molecule has 23 heavy (non-hydrogen) atoms. The number of rotatable bonds is 7. The zero-order valence-electron chi connectivity index (χ0n) is 12.8. The van der Waals surface area contributed by atoms with Gasteiger partial charge in [-0.3, -0.25) is 9.59 Å². The van der Waals surface area contributed by atoms with Crippen LogP contribution in [0.2, 0.25) is 0 Å². The zero-order valence-corrected chi connectivity index (χ0v) is 13.6. The molecule has 0 radical (unpaired) electrons. The minimum Gasteiger partial charge on any atom is -0.480 e. The fraction of sp³-hybridized carbons (Fsp3) is 0.467. The van der Waals surface area contributed by atoms with Crippen LogP contribution in [0.1, 0.15) is 42.1 Å². The Balaban J connectivity index is 2.27. The molecule has 1 aromatic carbocycles. The van der Waals surface area contributed by atoms with Crippen LogP contribution in [0.25, 0.3) is 0 Å². The maximum absolute atomic E-state index is 12.4. The van der Waals surface area contributed by atoms with Gasteiger partial charge in [0.1, 0.15) is 6.04 Å². The van der Waals surface area contributed by atoms with Gasteiger partial charge in [0.25, 0.3) is 5.91 Å². The molecule has 126 valence electrons. The van der Waals surface area contributed by atoms with Crippen molar-refractivity contribution >= 4 is 21.9 Å². The number of carbonyl (C=O) groups is 2. The Morgan fingerprint density at radius 2 is 2.17 bits per heavy atom. The standard InChI is InChI=1S/C15H20N2O5S/c1-2-3-4-13(15(19)20)17-23(21,22)11-6-5-10-7-8-16-14(18)12(10)9-11/h5-6,9,13,17H,2-4,7-8H2,1H3,(H,16,18)(H,19,20)/t13-/m0/s1. The second kappa shape index (κ2) is 7.10. The summed E-state index contributed by atoms with van der Waals surface area (Å²) in [6.07, 6.45) is 2.23. The highest BCUT2D eigenvalue weighted by atomic mass is 32.2. The highest BCUT2D eigenvalue weighted by Crippen LogP contribution is 2.19. The van der Waals surface area contributed by atoms with Crippen molar-refractivity contribution in [1.29, 1.82) is 0 Å². The number of carbonyl (C=O) groups excluding carboxylic acids is 1. The molecule has 1 heterocycles. The van der Waals surface area contributed by atoms with E-state index in [1.165, 1.54) is 12.1 Å². The fourth-order valence-corrected chi connectivity index (χ4v) is 3.70. The summed E-state index contributed by atoms with van der Waals surface area (Å²) in [5, 5.41) is 11.8. The van der Waals surface area contributed by atoms with Gasteiger partial charge in [-0.2, -0.15) is 4.72 Å². The average Bonchev–Trinajstić information content (AvgIpc) is 2.51. The molecule has 1 aromatic rings. The van der Waals surface area contributed by atoms with Gasteiger partial charge in [-0.05, 0) is 30.5 Å². The molecule has 1 aliphatic rings. The number of fused-ring (bicyclic) bond motifs is 1. The number of amides is 1. The summed E-state index contributed by atoms with van der Waals surface area (Å²) in [6.45, 7) is 2.42. The Kier molecular flexibility index (Phi) is 5.38. The number of carboxylic acid groups (broad SMARTS) is 1. The molecular formula is C15H20N2O5S. The largest absolute Gasteiger partial charge is 0.480 e.